The minimum Gasteiger partial charge on any atom is -0.275 e. The Morgan fingerprint density at radius 3 is 2.40 bits per heavy atom. The molecule has 2 nitrogen and oxygen atoms in total. The van der Waals surface area contributed by atoms with E-state index in [-0.39, 0.29) is 0 Å². The fourth-order valence-corrected chi connectivity index (χ4v) is 3.20. The second-order valence-electron chi connectivity index (χ2n) is 4.57. The Morgan fingerprint density at radius 2 is 1.65 bits per heavy atom. The van der Waals surface area contributed by atoms with Crippen molar-refractivity contribution in [2.45, 2.75) is 12.8 Å². The van der Waals surface area contributed by atoms with Crippen LogP contribution in [-0.2, 0) is 6.42 Å². The summed E-state index contributed by atoms with van der Waals surface area (Å²) in [6.07, 6.45) is 1.92. The zero-order chi connectivity index (χ0) is 14.1. The van der Waals surface area contributed by atoms with Crippen molar-refractivity contribution in [2.24, 2.45) is 5.10 Å². The second-order valence-corrected chi connectivity index (χ2v) is 5.82. The third-order valence-corrected chi connectivity index (χ3v) is 4.08. The number of nitrogens with one attached hydrogen (secondary N) is 1. The molecule has 2 aromatic rings. The maximum Gasteiger partial charge on any atom is 0.0935 e. The lowest BCUT2D eigenvalue weighted by atomic mass is 10.1. The molecule has 0 heterocycles. The van der Waals surface area contributed by atoms with Gasteiger partial charge in [0.25, 0.3) is 0 Å². The topological polar surface area (TPSA) is 24.4 Å². The molecule has 102 valence electrons. The molecular weight excluding hydrogens is 315 g/mol. The largest absolute Gasteiger partial charge is 0.275 e. The van der Waals surface area contributed by atoms with Crippen LogP contribution in [-0.4, -0.2) is 5.71 Å². The van der Waals surface area contributed by atoms with E-state index in [4.69, 9.17) is 34.8 Å². The van der Waals surface area contributed by atoms with E-state index in [1.54, 1.807) is 12.1 Å². The summed E-state index contributed by atoms with van der Waals surface area (Å²) in [5.41, 5.74) is 7.05. The number of rotatable bonds is 2. The van der Waals surface area contributed by atoms with Gasteiger partial charge >= 0.3 is 0 Å². The van der Waals surface area contributed by atoms with E-state index in [1.807, 2.05) is 12.1 Å². The van der Waals surface area contributed by atoms with Crippen LogP contribution < -0.4 is 5.43 Å². The van der Waals surface area contributed by atoms with Gasteiger partial charge in [0, 0.05) is 10.6 Å². The minimum atomic E-state index is 0.457. The third kappa shape index (κ3) is 2.64. The van der Waals surface area contributed by atoms with Gasteiger partial charge in [-0.15, -0.1) is 0 Å². The lowest BCUT2D eigenvalue weighted by Crippen LogP contribution is -2.00. The first-order valence-electron chi connectivity index (χ1n) is 6.20. The quantitative estimate of drug-likeness (QED) is 0.734. The van der Waals surface area contributed by atoms with Crippen molar-refractivity contribution in [3.8, 4) is 0 Å². The number of hydrogen-bond donors (Lipinski definition) is 1. The molecule has 0 spiro atoms. The molecule has 1 N–H and O–H groups in total. The maximum atomic E-state index is 6.12. The van der Waals surface area contributed by atoms with Crippen LogP contribution in [0.25, 0.3) is 0 Å². The van der Waals surface area contributed by atoms with Crippen LogP contribution in [0.15, 0.2) is 41.5 Å². The van der Waals surface area contributed by atoms with Crippen LogP contribution in [0.4, 0.5) is 5.69 Å². The molecule has 1 aliphatic rings. The molecule has 0 saturated carbocycles. The molecule has 1 aliphatic carbocycles. The van der Waals surface area contributed by atoms with E-state index >= 15 is 0 Å². The van der Waals surface area contributed by atoms with Gasteiger partial charge in [0.05, 0.1) is 21.4 Å². The average Bonchev–Trinajstić information content (AvgIpc) is 2.81. The molecule has 0 unspecified atom stereocenters. The van der Waals surface area contributed by atoms with E-state index < -0.39 is 0 Å². The minimum absolute atomic E-state index is 0.457. The summed E-state index contributed by atoms with van der Waals surface area (Å²) in [5.74, 6) is 0. The highest BCUT2D eigenvalue weighted by molar-refractivity contribution is 6.41. The highest BCUT2D eigenvalue weighted by Crippen LogP contribution is 2.34. The number of halogens is 3. The Balaban J connectivity index is 1.89. The van der Waals surface area contributed by atoms with Crippen LogP contribution in [0.1, 0.15) is 17.5 Å². The molecule has 5 heteroatoms. The third-order valence-electron chi connectivity index (χ3n) is 3.27. The zero-order valence-electron chi connectivity index (χ0n) is 10.5. The monoisotopic (exact) mass is 324 g/mol. The van der Waals surface area contributed by atoms with Crippen molar-refractivity contribution in [3.05, 3.63) is 62.6 Å². The number of aryl methyl sites for hydroxylation is 1. The van der Waals surface area contributed by atoms with Crippen molar-refractivity contribution in [3.63, 3.8) is 0 Å². The second kappa shape index (κ2) is 5.65. The number of anilines is 1. The van der Waals surface area contributed by atoms with Gasteiger partial charge in [-0.3, -0.25) is 5.43 Å². The van der Waals surface area contributed by atoms with E-state index in [0.29, 0.717) is 20.8 Å². The van der Waals surface area contributed by atoms with E-state index in [0.717, 1.165) is 18.6 Å². The fourth-order valence-electron chi connectivity index (χ4n) is 2.30. The first-order valence-corrected chi connectivity index (χ1v) is 7.34. The van der Waals surface area contributed by atoms with E-state index in [2.05, 4.69) is 22.7 Å². The summed E-state index contributed by atoms with van der Waals surface area (Å²) in [6.45, 7) is 0. The molecule has 0 atom stereocenters. The SMILES string of the molecule is Clc1cc(Cl)c(NN=C2CCc3ccccc32)c(Cl)c1. The molecule has 3 rings (SSSR count). The molecule has 0 bridgehead atoms. The first-order chi connectivity index (χ1) is 9.65. The van der Waals surface area contributed by atoms with Gasteiger partial charge in [0.2, 0.25) is 0 Å². The summed E-state index contributed by atoms with van der Waals surface area (Å²) in [5, 5.41) is 5.86. The standard InChI is InChI=1S/C15H11Cl3N2/c16-10-7-12(17)15(13(18)8-10)20-19-14-6-5-9-3-1-2-4-11(9)14/h1-4,7-8,20H,5-6H2. The number of fused-ring (bicyclic) bond motifs is 1. The lowest BCUT2D eigenvalue weighted by Gasteiger charge is -2.08. The van der Waals surface area contributed by atoms with Gasteiger partial charge in [0.15, 0.2) is 0 Å². The predicted molar refractivity (Wildman–Crippen MR) is 86.4 cm³/mol. The van der Waals surface area contributed by atoms with Gasteiger partial charge in [-0.05, 0) is 30.5 Å². The normalized spacial score (nSPS) is 15.4. The number of hydrogen-bond acceptors (Lipinski definition) is 2. The zero-order valence-corrected chi connectivity index (χ0v) is 12.7. The summed E-state index contributed by atoms with van der Waals surface area (Å²) in [4.78, 5) is 0. The van der Waals surface area contributed by atoms with E-state index in [9.17, 15) is 0 Å². The molecule has 2 aromatic carbocycles. The molecule has 0 saturated heterocycles. The van der Waals surface area contributed by atoms with Crippen molar-refractivity contribution in [1.29, 1.82) is 0 Å². The molecule has 0 fully saturated rings. The van der Waals surface area contributed by atoms with Crippen molar-refractivity contribution < 1.29 is 0 Å². The molecule has 0 aromatic heterocycles. The van der Waals surface area contributed by atoms with Crippen LogP contribution in [0.3, 0.4) is 0 Å². The van der Waals surface area contributed by atoms with Crippen molar-refractivity contribution in [1.82, 2.24) is 0 Å². The smallest absolute Gasteiger partial charge is 0.0935 e. The highest BCUT2D eigenvalue weighted by Gasteiger charge is 2.17. The van der Waals surface area contributed by atoms with Crippen LogP contribution >= 0.6 is 34.8 Å². The summed E-state index contributed by atoms with van der Waals surface area (Å²) < 4.78 is 0. The van der Waals surface area contributed by atoms with Crippen molar-refractivity contribution >= 4 is 46.2 Å². The summed E-state index contributed by atoms with van der Waals surface area (Å²) >= 11 is 18.1. The predicted octanol–water partition coefficient (Wildman–Crippen LogP) is 5.41. The van der Waals surface area contributed by atoms with Crippen LogP contribution in [0.2, 0.25) is 15.1 Å². The highest BCUT2D eigenvalue weighted by atomic mass is 35.5. The lowest BCUT2D eigenvalue weighted by molar-refractivity contribution is 1.09. The number of benzene rings is 2. The van der Waals surface area contributed by atoms with Crippen molar-refractivity contribution in [2.75, 3.05) is 5.43 Å². The van der Waals surface area contributed by atoms with Crippen LogP contribution in [0.5, 0.6) is 0 Å². The molecule has 0 aliphatic heterocycles. The molecular formula is C15H11Cl3N2. The van der Waals surface area contributed by atoms with Gasteiger partial charge in [-0.25, -0.2) is 0 Å². The summed E-state index contributed by atoms with van der Waals surface area (Å²) in [6, 6.07) is 11.5. The van der Waals surface area contributed by atoms with E-state index in [1.165, 1.54) is 11.1 Å². The van der Waals surface area contributed by atoms with Crippen LogP contribution in [0, 0.1) is 0 Å². The fraction of sp³-hybridized carbons (Fsp3) is 0.133. The van der Waals surface area contributed by atoms with Gasteiger partial charge < -0.3 is 0 Å². The van der Waals surface area contributed by atoms with Gasteiger partial charge in [-0.2, -0.15) is 5.10 Å². The Hall–Kier alpha value is -1.22. The Bertz CT molecular complexity index is 672. The Morgan fingerprint density at radius 1 is 0.950 bits per heavy atom. The van der Waals surface area contributed by atoms with Gasteiger partial charge in [0.1, 0.15) is 0 Å². The average molecular weight is 326 g/mol. The Labute approximate surface area is 132 Å². The first kappa shape index (κ1) is 13.7. The van der Waals surface area contributed by atoms with Gasteiger partial charge in [-0.1, -0.05) is 59.1 Å². The molecule has 0 amide bonds. The number of hydrazone groups is 1. The summed E-state index contributed by atoms with van der Waals surface area (Å²) in [7, 11) is 0. The molecule has 20 heavy (non-hydrogen) atoms. The molecule has 0 radical (unpaired) electrons. The Kier molecular flexibility index (Phi) is 3.88. The maximum absolute atomic E-state index is 6.12. The number of nitrogens with zero attached hydrogens (tertiary/aromatic N) is 1.